The Hall–Kier alpha value is -0.690. The lowest BCUT2D eigenvalue weighted by Crippen LogP contribution is -2.38. The summed E-state index contributed by atoms with van der Waals surface area (Å²) in [5, 5.41) is 0.234. The van der Waals surface area contributed by atoms with E-state index in [2.05, 4.69) is 4.72 Å². The van der Waals surface area contributed by atoms with Gasteiger partial charge in [0, 0.05) is 11.6 Å². The standard InChI is InChI=1S/C13H19ClN2O2S2/c1-4-12(8(2)3)16-20(17,18)9-5-6-10(13(15)19)11(14)7-9/h5-8,12,16H,4H2,1-3H3,(H2,15,19). The molecule has 1 aromatic carbocycles. The van der Waals surface area contributed by atoms with Gasteiger partial charge in [0.05, 0.1) is 9.92 Å². The summed E-state index contributed by atoms with van der Waals surface area (Å²) in [4.78, 5) is 0.252. The molecular formula is C13H19ClN2O2S2. The Morgan fingerprint density at radius 3 is 2.45 bits per heavy atom. The summed E-state index contributed by atoms with van der Waals surface area (Å²) in [6.07, 6.45) is 0.718. The first-order chi connectivity index (χ1) is 9.19. The van der Waals surface area contributed by atoms with Crippen LogP contribution in [0.1, 0.15) is 32.8 Å². The minimum absolute atomic E-state index is 0.113. The average molecular weight is 335 g/mol. The Balaban J connectivity index is 3.10. The molecule has 1 rings (SSSR count). The molecule has 0 radical (unpaired) electrons. The summed E-state index contributed by atoms with van der Waals surface area (Å²) < 4.78 is 27.3. The molecule has 3 N–H and O–H groups in total. The highest BCUT2D eigenvalue weighted by molar-refractivity contribution is 7.89. The van der Waals surface area contributed by atoms with Gasteiger partial charge in [0.1, 0.15) is 4.99 Å². The van der Waals surface area contributed by atoms with Crippen LogP contribution >= 0.6 is 23.8 Å². The normalized spacial score (nSPS) is 13.4. The summed E-state index contributed by atoms with van der Waals surface area (Å²) in [6, 6.07) is 4.23. The van der Waals surface area contributed by atoms with Gasteiger partial charge in [-0.1, -0.05) is 44.6 Å². The van der Waals surface area contributed by atoms with E-state index in [1.807, 2.05) is 20.8 Å². The lowest BCUT2D eigenvalue weighted by molar-refractivity contribution is 0.437. The second-order valence-electron chi connectivity index (χ2n) is 4.89. The number of sulfonamides is 1. The Morgan fingerprint density at radius 1 is 1.45 bits per heavy atom. The first-order valence-corrected chi connectivity index (χ1v) is 8.57. The van der Waals surface area contributed by atoms with Crippen LogP contribution < -0.4 is 10.5 Å². The monoisotopic (exact) mass is 334 g/mol. The molecule has 0 saturated carbocycles. The van der Waals surface area contributed by atoms with Crippen molar-refractivity contribution in [3.05, 3.63) is 28.8 Å². The Kier molecular flexibility index (Phi) is 5.94. The largest absolute Gasteiger partial charge is 0.389 e. The van der Waals surface area contributed by atoms with Gasteiger partial charge in [-0.05, 0) is 30.5 Å². The molecule has 0 aromatic heterocycles. The van der Waals surface area contributed by atoms with Crippen molar-refractivity contribution in [1.29, 1.82) is 0 Å². The number of nitrogens with one attached hydrogen (secondary N) is 1. The van der Waals surface area contributed by atoms with Crippen molar-refractivity contribution in [2.24, 2.45) is 11.7 Å². The van der Waals surface area contributed by atoms with Crippen LogP contribution in [0.3, 0.4) is 0 Å². The molecule has 20 heavy (non-hydrogen) atoms. The SMILES string of the molecule is CCC(NS(=O)(=O)c1ccc(C(N)=S)c(Cl)c1)C(C)C. The molecule has 1 unspecified atom stereocenters. The molecular weight excluding hydrogens is 316 g/mol. The third-order valence-corrected chi connectivity index (χ3v) is 5.09. The van der Waals surface area contributed by atoms with Gasteiger partial charge in [-0.15, -0.1) is 0 Å². The van der Waals surface area contributed by atoms with E-state index < -0.39 is 10.0 Å². The predicted octanol–water partition coefficient (Wildman–Crippen LogP) is 2.69. The molecule has 0 fully saturated rings. The lowest BCUT2D eigenvalue weighted by atomic mass is 10.0. The van der Waals surface area contributed by atoms with E-state index >= 15 is 0 Å². The van der Waals surface area contributed by atoms with Crippen molar-refractivity contribution >= 4 is 38.8 Å². The van der Waals surface area contributed by atoms with E-state index in [1.165, 1.54) is 18.2 Å². The zero-order valence-electron chi connectivity index (χ0n) is 11.7. The van der Waals surface area contributed by atoms with Crippen molar-refractivity contribution in [3.8, 4) is 0 Å². The van der Waals surface area contributed by atoms with Gasteiger partial charge >= 0.3 is 0 Å². The van der Waals surface area contributed by atoms with Crippen LogP contribution in [0.5, 0.6) is 0 Å². The minimum Gasteiger partial charge on any atom is -0.389 e. The van der Waals surface area contributed by atoms with Gasteiger partial charge in [-0.25, -0.2) is 13.1 Å². The maximum Gasteiger partial charge on any atom is 0.240 e. The number of halogens is 1. The second kappa shape index (κ2) is 6.85. The fourth-order valence-corrected chi connectivity index (χ4v) is 3.90. The molecule has 0 saturated heterocycles. The van der Waals surface area contributed by atoms with Crippen molar-refractivity contribution in [2.45, 2.75) is 38.1 Å². The zero-order chi connectivity index (χ0) is 15.5. The Morgan fingerprint density at radius 2 is 2.05 bits per heavy atom. The van der Waals surface area contributed by atoms with Crippen LogP contribution in [0.15, 0.2) is 23.1 Å². The van der Waals surface area contributed by atoms with Crippen LogP contribution in [0.25, 0.3) is 0 Å². The van der Waals surface area contributed by atoms with Crippen LogP contribution in [-0.4, -0.2) is 19.4 Å². The average Bonchev–Trinajstić information content (AvgIpc) is 2.35. The third-order valence-electron chi connectivity index (χ3n) is 3.07. The molecule has 0 aliphatic heterocycles. The molecule has 7 heteroatoms. The fourth-order valence-electron chi connectivity index (χ4n) is 1.82. The number of hydrogen-bond donors (Lipinski definition) is 2. The van der Waals surface area contributed by atoms with Crippen LogP contribution in [0.4, 0.5) is 0 Å². The van der Waals surface area contributed by atoms with Crippen molar-refractivity contribution in [3.63, 3.8) is 0 Å². The molecule has 0 bridgehead atoms. The number of hydrogen-bond acceptors (Lipinski definition) is 3. The Bertz CT molecular complexity index is 600. The highest BCUT2D eigenvalue weighted by Gasteiger charge is 2.22. The first-order valence-electron chi connectivity index (χ1n) is 6.30. The molecule has 0 amide bonds. The molecule has 4 nitrogen and oxygen atoms in total. The van der Waals surface area contributed by atoms with Gasteiger partial charge in [-0.2, -0.15) is 0 Å². The number of thiocarbonyl (C=S) groups is 1. The van der Waals surface area contributed by atoms with Gasteiger partial charge in [0.2, 0.25) is 10.0 Å². The smallest absolute Gasteiger partial charge is 0.240 e. The summed E-state index contributed by atoms with van der Waals surface area (Å²) in [6.45, 7) is 5.88. The predicted molar refractivity (Wildman–Crippen MR) is 86.6 cm³/mol. The maximum atomic E-state index is 12.3. The van der Waals surface area contributed by atoms with Crippen molar-refractivity contribution < 1.29 is 8.42 Å². The molecule has 112 valence electrons. The topological polar surface area (TPSA) is 72.2 Å². The maximum absolute atomic E-state index is 12.3. The highest BCUT2D eigenvalue weighted by Crippen LogP contribution is 2.21. The number of benzene rings is 1. The van der Waals surface area contributed by atoms with E-state index in [-0.39, 0.29) is 26.9 Å². The Labute approximate surface area is 130 Å². The van der Waals surface area contributed by atoms with Crippen molar-refractivity contribution in [2.75, 3.05) is 0 Å². The van der Waals surface area contributed by atoms with Gasteiger partial charge in [-0.3, -0.25) is 0 Å². The molecule has 1 aromatic rings. The van der Waals surface area contributed by atoms with E-state index in [9.17, 15) is 8.42 Å². The second-order valence-corrected chi connectivity index (χ2v) is 7.45. The fraction of sp³-hybridized carbons (Fsp3) is 0.462. The highest BCUT2D eigenvalue weighted by atomic mass is 35.5. The quantitative estimate of drug-likeness (QED) is 0.784. The van der Waals surface area contributed by atoms with Crippen molar-refractivity contribution in [1.82, 2.24) is 4.72 Å². The van der Waals surface area contributed by atoms with E-state index in [1.54, 1.807) is 0 Å². The minimum atomic E-state index is -3.60. The van der Waals surface area contributed by atoms with Crippen LogP contribution in [0, 0.1) is 5.92 Å². The molecule has 0 aliphatic rings. The zero-order valence-corrected chi connectivity index (χ0v) is 14.1. The first kappa shape index (κ1) is 17.4. The molecule has 0 heterocycles. The van der Waals surface area contributed by atoms with E-state index in [0.29, 0.717) is 5.56 Å². The molecule has 1 atom stereocenters. The molecule has 0 spiro atoms. The van der Waals surface area contributed by atoms with Crippen LogP contribution in [0.2, 0.25) is 5.02 Å². The molecule has 0 aliphatic carbocycles. The van der Waals surface area contributed by atoms with Gasteiger partial charge in [0.15, 0.2) is 0 Å². The lowest BCUT2D eigenvalue weighted by Gasteiger charge is -2.20. The third kappa shape index (κ3) is 4.15. The van der Waals surface area contributed by atoms with Gasteiger partial charge < -0.3 is 5.73 Å². The summed E-state index contributed by atoms with van der Waals surface area (Å²) in [7, 11) is -3.60. The summed E-state index contributed by atoms with van der Waals surface area (Å²) in [5.74, 6) is 0.209. The number of rotatable bonds is 6. The summed E-state index contributed by atoms with van der Waals surface area (Å²) in [5.41, 5.74) is 5.97. The van der Waals surface area contributed by atoms with Gasteiger partial charge in [0.25, 0.3) is 0 Å². The van der Waals surface area contributed by atoms with E-state index in [4.69, 9.17) is 29.6 Å². The van der Waals surface area contributed by atoms with E-state index in [0.717, 1.165) is 6.42 Å². The van der Waals surface area contributed by atoms with Crippen LogP contribution in [-0.2, 0) is 10.0 Å². The number of nitrogens with two attached hydrogens (primary N) is 1. The summed E-state index contributed by atoms with van der Waals surface area (Å²) >= 11 is 10.8.